The number of rotatable bonds is 5. The molecule has 1 atom stereocenters. The van der Waals surface area contributed by atoms with Gasteiger partial charge in [-0.05, 0) is 31.9 Å². The average Bonchev–Trinajstić information content (AvgIpc) is 3.07. The molecular formula is C19H23N5O. The molecule has 0 amide bonds. The highest BCUT2D eigenvalue weighted by atomic mass is 16.4. The van der Waals surface area contributed by atoms with Crippen molar-refractivity contribution in [3.05, 3.63) is 48.5 Å². The molecule has 2 aromatic heterocycles. The minimum absolute atomic E-state index is 0.387. The highest BCUT2D eigenvalue weighted by Crippen LogP contribution is 2.24. The van der Waals surface area contributed by atoms with Gasteiger partial charge in [-0.1, -0.05) is 12.1 Å². The van der Waals surface area contributed by atoms with E-state index in [1.165, 1.54) is 0 Å². The van der Waals surface area contributed by atoms with Gasteiger partial charge >= 0.3 is 0 Å². The van der Waals surface area contributed by atoms with Crippen LogP contribution < -0.4 is 10.2 Å². The summed E-state index contributed by atoms with van der Waals surface area (Å²) in [6.07, 6.45) is 8.38. The molecule has 6 nitrogen and oxygen atoms in total. The minimum atomic E-state index is 0.387. The summed E-state index contributed by atoms with van der Waals surface area (Å²) >= 11 is 0. The highest BCUT2D eigenvalue weighted by Gasteiger charge is 2.23. The molecule has 3 aromatic rings. The molecule has 1 unspecified atom stereocenters. The van der Waals surface area contributed by atoms with E-state index >= 15 is 0 Å². The molecule has 1 N–H and O–H groups in total. The Morgan fingerprint density at radius 1 is 1.24 bits per heavy atom. The second-order valence-electron chi connectivity index (χ2n) is 6.69. The van der Waals surface area contributed by atoms with Gasteiger partial charge in [-0.15, -0.1) is 0 Å². The number of aromatic nitrogens is 3. The SMILES string of the molecule is CC(Cc1cnccn1)NC1CCN(c2nc3ccccc3o2)CC1. The number of nitrogens with one attached hydrogen (secondary N) is 1. The molecule has 3 heterocycles. The largest absolute Gasteiger partial charge is 0.423 e. The fraction of sp³-hybridized carbons (Fsp3) is 0.421. The third-order valence-electron chi connectivity index (χ3n) is 4.70. The maximum absolute atomic E-state index is 5.88. The zero-order chi connectivity index (χ0) is 17.1. The topological polar surface area (TPSA) is 67.1 Å². The van der Waals surface area contributed by atoms with E-state index in [1.807, 2.05) is 30.5 Å². The first-order chi connectivity index (χ1) is 12.3. The lowest BCUT2D eigenvalue weighted by atomic mass is 10.0. The van der Waals surface area contributed by atoms with Crippen LogP contribution >= 0.6 is 0 Å². The summed E-state index contributed by atoms with van der Waals surface area (Å²) in [6.45, 7) is 4.13. The van der Waals surface area contributed by atoms with E-state index in [0.29, 0.717) is 12.1 Å². The van der Waals surface area contributed by atoms with Crippen molar-refractivity contribution in [1.29, 1.82) is 0 Å². The molecule has 0 saturated carbocycles. The molecule has 0 bridgehead atoms. The fourth-order valence-electron chi connectivity index (χ4n) is 3.44. The lowest BCUT2D eigenvalue weighted by Gasteiger charge is -2.33. The van der Waals surface area contributed by atoms with E-state index in [-0.39, 0.29) is 0 Å². The molecular weight excluding hydrogens is 314 g/mol. The zero-order valence-electron chi connectivity index (χ0n) is 14.4. The molecule has 0 radical (unpaired) electrons. The molecule has 1 aliphatic rings. The molecule has 1 aromatic carbocycles. The lowest BCUT2D eigenvalue weighted by molar-refractivity contribution is 0.365. The van der Waals surface area contributed by atoms with Crippen LogP contribution in [0.25, 0.3) is 11.1 Å². The molecule has 1 fully saturated rings. The van der Waals surface area contributed by atoms with Gasteiger partial charge in [-0.2, -0.15) is 4.98 Å². The summed E-state index contributed by atoms with van der Waals surface area (Å²) in [6, 6.07) is 9.58. The van der Waals surface area contributed by atoms with Gasteiger partial charge < -0.3 is 14.6 Å². The third-order valence-corrected chi connectivity index (χ3v) is 4.70. The minimum Gasteiger partial charge on any atom is -0.423 e. The number of hydrogen-bond acceptors (Lipinski definition) is 6. The Labute approximate surface area is 147 Å². The Bertz CT molecular complexity index is 778. The van der Waals surface area contributed by atoms with Gasteiger partial charge in [-0.3, -0.25) is 9.97 Å². The predicted molar refractivity (Wildman–Crippen MR) is 97.6 cm³/mol. The normalized spacial score (nSPS) is 17.1. The van der Waals surface area contributed by atoms with Crippen LogP contribution in [0.3, 0.4) is 0 Å². The van der Waals surface area contributed by atoms with Gasteiger partial charge in [0.15, 0.2) is 5.58 Å². The summed E-state index contributed by atoms with van der Waals surface area (Å²) < 4.78 is 5.88. The highest BCUT2D eigenvalue weighted by molar-refractivity contribution is 5.74. The van der Waals surface area contributed by atoms with Crippen molar-refractivity contribution in [2.45, 2.75) is 38.3 Å². The molecule has 0 aliphatic carbocycles. The Kier molecular flexibility index (Phi) is 4.61. The van der Waals surface area contributed by atoms with Crippen LogP contribution in [-0.4, -0.2) is 40.1 Å². The molecule has 1 aliphatic heterocycles. The van der Waals surface area contributed by atoms with E-state index in [2.05, 4.69) is 32.1 Å². The maximum atomic E-state index is 5.88. The molecule has 25 heavy (non-hydrogen) atoms. The predicted octanol–water partition coefficient (Wildman–Crippen LogP) is 2.81. The summed E-state index contributed by atoms with van der Waals surface area (Å²) in [5.74, 6) is 0. The van der Waals surface area contributed by atoms with Crippen molar-refractivity contribution < 1.29 is 4.42 Å². The monoisotopic (exact) mass is 337 g/mol. The standard InChI is InChI=1S/C19H23N5O/c1-14(12-16-13-20-8-9-21-16)22-15-6-10-24(11-7-15)19-23-17-4-2-3-5-18(17)25-19/h2-5,8-9,13-15,22H,6-7,10-12H2,1H3. The number of nitrogens with zero attached hydrogens (tertiary/aromatic N) is 4. The number of piperidine rings is 1. The third kappa shape index (κ3) is 3.79. The van der Waals surface area contributed by atoms with Crippen molar-refractivity contribution in [2.75, 3.05) is 18.0 Å². The second kappa shape index (κ2) is 7.19. The summed E-state index contributed by atoms with van der Waals surface area (Å²) in [7, 11) is 0. The Morgan fingerprint density at radius 2 is 2.08 bits per heavy atom. The second-order valence-corrected chi connectivity index (χ2v) is 6.69. The van der Waals surface area contributed by atoms with Crippen molar-refractivity contribution in [3.63, 3.8) is 0 Å². The smallest absolute Gasteiger partial charge is 0.298 e. The molecule has 6 heteroatoms. The van der Waals surface area contributed by atoms with Crippen molar-refractivity contribution in [1.82, 2.24) is 20.3 Å². The number of para-hydroxylation sites is 2. The van der Waals surface area contributed by atoms with E-state index in [4.69, 9.17) is 4.42 Å². The molecule has 1 saturated heterocycles. The lowest BCUT2D eigenvalue weighted by Crippen LogP contribution is -2.46. The molecule has 0 spiro atoms. The first-order valence-electron chi connectivity index (χ1n) is 8.89. The van der Waals surface area contributed by atoms with E-state index in [0.717, 1.165) is 55.2 Å². The summed E-state index contributed by atoms with van der Waals surface area (Å²) in [4.78, 5) is 15.3. The van der Waals surface area contributed by atoms with Gasteiger partial charge in [0.1, 0.15) is 5.52 Å². The van der Waals surface area contributed by atoms with Gasteiger partial charge in [0, 0.05) is 50.2 Å². The van der Waals surface area contributed by atoms with Crippen molar-refractivity contribution in [3.8, 4) is 0 Å². The fourth-order valence-corrected chi connectivity index (χ4v) is 3.44. The number of anilines is 1. The number of benzene rings is 1. The van der Waals surface area contributed by atoms with Crippen LogP contribution in [0.5, 0.6) is 0 Å². The van der Waals surface area contributed by atoms with Crippen LogP contribution in [0, 0.1) is 0 Å². The number of hydrogen-bond donors (Lipinski definition) is 1. The summed E-state index contributed by atoms with van der Waals surface area (Å²) in [5, 5.41) is 3.72. The van der Waals surface area contributed by atoms with Crippen LogP contribution in [0.4, 0.5) is 6.01 Å². The number of oxazole rings is 1. The number of fused-ring (bicyclic) bond motifs is 1. The van der Waals surface area contributed by atoms with Gasteiger partial charge in [-0.25, -0.2) is 0 Å². The first kappa shape index (κ1) is 16.0. The van der Waals surface area contributed by atoms with Gasteiger partial charge in [0.05, 0.1) is 5.69 Å². The quantitative estimate of drug-likeness (QED) is 0.772. The van der Waals surface area contributed by atoms with Crippen LogP contribution in [0.1, 0.15) is 25.5 Å². The Balaban J connectivity index is 1.30. The van der Waals surface area contributed by atoms with Crippen molar-refractivity contribution >= 4 is 17.1 Å². The van der Waals surface area contributed by atoms with E-state index in [9.17, 15) is 0 Å². The zero-order valence-corrected chi connectivity index (χ0v) is 14.4. The average molecular weight is 337 g/mol. The van der Waals surface area contributed by atoms with E-state index < -0.39 is 0 Å². The van der Waals surface area contributed by atoms with Gasteiger partial charge in [0.25, 0.3) is 6.01 Å². The first-order valence-corrected chi connectivity index (χ1v) is 8.89. The van der Waals surface area contributed by atoms with Crippen LogP contribution in [0.2, 0.25) is 0 Å². The van der Waals surface area contributed by atoms with Crippen molar-refractivity contribution in [2.24, 2.45) is 0 Å². The maximum Gasteiger partial charge on any atom is 0.298 e. The van der Waals surface area contributed by atoms with E-state index in [1.54, 1.807) is 12.4 Å². The molecule has 130 valence electrons. The Hall–Kier alpha value is -2.47. The summed E-state index contributed by atoms with van der Waals surface area (Å²) in [5.41, 5.74) is 2.82. The molecule has 4 rings (SSSR count). The van der Waals surface area contributed by atoms with Crippen LogP contribution in [-0.2, 0) is 6.42 Å². The Morgan fingerprint density at radius 3 is 2.84 bits per heavy atom. The van der Waals surface area contributed by atoms with Gasteiger partial charge in [0.2, 0.25) is 0 Å². The van der Waals surface area contributed by atoms with Crippen LogP contribution in [0.15, 0.2) is 47.3 Å².